The molecule has 1 unspecified atom stereocenters. The van der Waals surface area contributed by atoms with E-state index in [1.54, 1.807) is 0 Å². The Morgan fingerprint density at radius 3 is 2.47 bits per heavy atom. The number of hydrogen-bond donors (Lipinski definition) is 2. The summed E-state index contributed by atoms with van der Waals surface area (Å²) in [6.45, 7) is 0. The van der Waals surface area contributed by atoms with Crippen molar-refractivity contribution in [3.05, 3.63) is 34.3 Å². The smallest absolute Gasteiger partial charge is 0.337 e. The molecule has 1 aromatic rings. The van der Waals surface area contributed by atoms with Crippen LogP contribution in [0.25, 0.3) is 0 Å². The van der Waals surface area contributed by atoms with Crippen LogP contribution in [-0.4, -0.2) is 27.8 Å². The molecule has 0 aliphatic heterocycles. The van der Waals surface area contributed by atoms with E-state index < -0.39 is 12.1 Å². The van der Waals surface area contributed by atoms with E-state index in [4.69, 9.17) is 28.3 Å². The van der Waals surface area contributed by atoms with E-state index in [0.717, 1.165) is 0 Å². The van der Waals surface area contributed by atoms with Crippen LogP contribution < -0.4 is 0 Å². The van der Waals surface area contributed by atoms with Gasteiger partial charge in [-0.1, -0.05) is 23.7 Å². The number of rotatable bonds is 5. The Labute approximate surface area is 108 Å². The van der Waals surface area contributed by atoms with Crippen LogP contribution >= 0.6 is 23.2 Å². The van der Waals surface area contributed by atoms with Gasteiger partial charge in [-0.2, -0.15) is 0 Å². The lowest BCUT2D eigenvalue weighted by Gasteiger charge is -2.09. The van der Waals surface area contributed by atoms with E-state index in [-0.39, 0.29) is 28.7 Å². The molecule has 0 saturated heterocycles. The van der Waals surface area contributed by atoms with E-state index in [0.29, 0.717) is 5.56 Å². The van der Waals surface area contributed by atoms with Crippen molar-refractivity contribution in [3.63, 3.8) is 0 Å². The number of halogens is 2. The summed E-state index contributed by atoms with van der Waals surface area (Å²) in [7, 11) is 0. The van der Waals surface area contributed by atoms with Crippen LogP contribution in [0.1, 0.15) is 28.4 Å². The average molecular weight is 277 g/mol. The summed E-state index contributed by atoms with van der Waals surface area (Å²) < 4.78 is 0. The number of alkyl halides is 1. The number of aliphatic carboxylic acids is 1. The van der Waals surface area contributed by atoms with E-state index in [2.05, 4.69) is 0 Å². The monoisotopic (exact) mass is 276 g/mol. The van der Waals surface area contributed by atoms with Gasteiger partial charge in [0.2, 0.25) is 0 Å². The minimum Gasteiger partial charge on any atom is -0.479 e. The average Bonchev–Trinajstić information content (AvgIpc) is 2.28. The van der Waals surface area contributed by atoms with Crippen LogP contribution in [0, 0.1) is 0 Å². The molecule has 0 spiro atoms. The van der Waals surface area contributed by atoms with E-state index >= 15 is 0 Å². The highest BCUT2D eigenvalue weighted by atomic mass is 35.5. The van der Waals surface area contributed by atoms with Crippen molar-refractivity contribution in [2.24, 2.45) is 0 Å². The second-order valence-electron chi connectivity index (χ2n) is 3.34. The number of aliphatic hydroxyl groups excluding tert-OH is 1. The Morgan fingerprint density at radius 1 is 1.35 bits per heavy atom. The SMILES string of the molecule is O=C(CCCl)c1ccc(C(O)C(=O)O)c(Cl)c1. The number of hydrogen-bond acceptors (Lipinski definition) is 3. The van der Waals surface area contributed by atoms with Crippen molar-refractivity contribution < 1.29 is 19.8 Å². The predicted octanol–water partition coefficient (Wildman–Crippen LogP) is 2.27. The zero-order valence-electron chi connectivity index (χ0n) is 8.69. The fourth-order valence-corrected chi connectivity index (χ4v) is 1.74. The molecule has 0 radical (unpaired) electrons. The summed E-state index contributed by atoms with van der Waals surface area (Å²) in [6, 6.07) is 4.07. The number of benzene rings is 1. The number of carboxylic acids is 1. The Kier molecular flexibility index (Phi) is 4.93. The third kappa shape index (κ3) is 3.43. The number of aliphatic hydroxyl groups is 1. The maximum Gasteiger partial charge on any atom is 0.337 e. The van der Waals surface area contributed by atoms with Crippen LogP contribution in [0.5, 0.6) is 0 Å². The number of carbonyl (C=O) groups excluding carboxylic acids is 1. The summed E-state index contributed by atoms with van der Waals surface area (Å²) >= 11 is 11.2. The van der Waals surface area contributed by atoms with Crippen molar-refractivity contribution in [1.29, 1.82) is 0 Å². The van der Waals surface area contributed by atoms with Gasteiger partial charge in [0, 0.05) is 28.5 Å². The van der Waals surface area contributed by atoms with Gasteiger partial charge in [0.1, 0.15) is 0 Å². The Hall–Kier alpha value is -1.10. The molecule has 2 N–H and O–H groups in total. The molecule has 0 heterocycles. The molecule has 0 amide bonds. The first-order valence-electron chi connectivity index (χ1n) is 4.77. The molecule has 0 aromatic heterocycles. The second kappa shape index (κ2) is 6.00. The van der Waals surface area contributed by atoms with E-state index in [1.807, 2.05) is 0 Å². The van der Waals surface area contributed by atoms with Gasteiger partial charge in [0.25, 0.3) is 0 Å². The molecule has 1 rings (SSSR count). The number of carboxylic acid groups (broad SMARTS) is 1. The van der Waals surface area contributed by atoms with Gasteiger partial charge in [-0.05, 0) is 6.07 Å². The minimum atomic E-state index is -1.69. The van der Waals surface area contributed by atoms with Gasteiger partial charge in [-0.25, -0.2) is 4.79 Å². The molecule has 0 bridgehead atoms. The molecule has 4 nitrogen and oxygen atoms in total. The molecule has 1 aromatic carbocycles. The molecule has 0 aliphatic rings. The van der Waals surface area contributed by atoms with Crippen LogP contribution in [0.15, 0.2) is 18.2 Å². The lowest BCUT2D eigenvalue weighted by molar-refractivity contribution is -0.146. The van der Waals surface area contributed by atoms with Crippen LogP contribution in [-0.2, 0) is 4.79 Å². The van der Waals surface area contributed by atoms with Gasteiger partial charge in [0.05, 0.1) is 0 Å². The van der Waals surface area contributed by atoms with Crippen LogP contribution in [0.4, 0.5) is 0 Å². The molecule has 1 atom stereocenters. The summed E-state index contributed by atoms with van der Waals surface area (Å²) in [5.74, 6) is -1.37. The normalized spacial score (nSPS) is 12.2. The lowest BCUT2D eigenvalue weighted by atomic mass is 10.0. The lowest BCUT2D eigenvalue weighted by Crippen LogP contribution is -2.11. The quantitative estimate of drug-likeness (QED) is 0.639. The Bertz CT molecular complexity index is 445. The maximum atomic E-state index is 11.5. The third-order valence-electron chi connectivity index (χ3n) is 2.17. The van der Waals surface area contributed by atoms with Crippen molar-refractivity contribution >= 4 is 35.0 Å². The topological polar surface area (TPSA) is 74.6 Å². The maximum absolute atomic E-state index is 11.5. The molecule has 0 saturated carbocycles. The third-order valence-corrected chi connectivity index (χ3v) is 2.69. The van der Waals surface area contributed by atoms with Gasteiger partial charge in [-0.15, -0.1) is 11.6 Å². The van der Waals surface area contributed by atoms with Gasteiger partial charge < -0.3 is 10.2 Å². The fourth-order valence-electron chi connectivity index (χ4n) is 1.29. The second-order valence-corrected chi connectivity index (χ2v) is 4.12. The summed E-state index contributed by atoms with van der Waals surface area (Å²) in [6.07, 6.45) is -1.52. The first kappa shape index (κ1) is 14.0. The zero-order valence-corrected chi connectivity index (χ0v) is 10.2. The van der Waals surface area contributed by atoms with Crippen molar-refractivity contribution in [3.8, 4) is 0 Å². The Morgan fingerprint density at radius 2 is 2.00 bits per heavy atom. The highest BCUT2D eigenvalue weighted by Crippen LogP contribution is 2.25. The molecular formula is C11H10Cl2O4. The molecular weight excluding hydrogens is 267 g/mol. The molecule has 0 aliphatic carbocycles. The summed E-state index contributed by atoms with van der Waals surface area (Å²) in [4.78, 5) is 22.1. The predicted molar refractivity (Wildman–Crippen MR) is 63.7 cm³/mol. The fraction of sp³-hybridized carbons (Fsp3) is 0.273. The summed E-state index contributed by atoms with van der Waals surface area (Å²) in [5.41, 5.74) is 0.401. The summed E-state index contributed by atoms with van der Waals surface area (Å²) in [5, 5.41) is 18.0. The van der Waals surface area contributed by atoms with Gasteiger partial charge >= 0.3 is 5.97 Å². The van der Waals surface area contributed by atoms with Crippen molar-refractivity contribution in [2.45, 2.75) is 12.5 Å². The molecule has 6 heteroatoms. The standard InChI is InChI=1S/C11H10Cl2O4/c12-4-3-9(14)6-1-2-7(8(13)5-6)10(15)11(16)17/h1-2,5,10,15H,3-4H2,(H,16,17). The largest absolute Gasteiger partial charge is 0.479 e. The first-order chi connectivity index (χ1) is 7.97. The Balaban J connectivity index is 3.01. The van der Waals surface area contributed by atoms with E-state index in [1.165, 1.54) is 18.2 Å². The van der Waals surface area contributed by atoms with Crippen molar-refractivity contribution in [1.82, 2.24) is 0 Å². The van der Waals surface area contributed by atoms with Gasteiger partial charge in [-0.3, -0.25) is 4.79 Å². The number of ketones is 1. The highest BCUT2D eigenvalue weighted by Gasteiger charge is 2.19. The van der Waals surface area contributed by atoms with Crippen LogP contribution in [0.2, 0.25) is 5.02 Å². The molecule has 17 heavy (non-hydrogen) atoms. The zero-order chi connectivity index (χ0) is 13.0. The highest BCUT2D eigenvalue weighted by molar-refractivity contribution is 6.32. The van der Waals surface area contributed by atoms with Crippen molar-refractivity contribution in [2.75, 3.05) is 5.88 Å². The first-order valence-corrected chi connectivity index (χ1v) is 5.68. The number of carbonyl (C=O) groups is 2. The molecule has 0 fully saturated rings. The van der Waals surface area contributed by atoms with Crippen LogP contribution in [0.3, 0.4) is 0 Å². The number of Topliss-reactive ketones (excluding diaryl/α,β-unsaturated/α-hetero) is 1. The van der Waals surface area contributed by atoms with E-state index in [9.17, 15) is 14.7 Å². The minimum absolute atomic E-state index is 0.0420. The van der Waals surface area contributed by atoms with Gasteiger partial charge in [0.15, 0.2) is 11.9 Å². The molecule has 92 valence electrons.